The Hall–Kier alpha value is -1.82. The van der Waals surface area contributed by atoms with Gasteiger partial charge in [-0.05, 0) is 25.0 Å². The number of morpholine rings is 1. The molecule has 1 saturated heterocycles. The van der Waals surface area contributed by atoms with Crippen LogP contribution in [0.1, 0.15) is 22.5 Å². The van der Waals surface area contributed by atoms with Crippen LogP contribution in [0.3, 0.4) is 0 Å². The minimum absolute atomic E-state index is 0.0161. The molecule has 1 unspecified atom stereocenters. The van der Waals surface area contributed by atoms with E-state index in [1.54, 1.807) is 0 Å². The Bertz CT molecular complexity index is 675. The van der Waals surface area contributed by atoms with Crippen LogP contribution in [0, 0.1) is 13.8 Å². The molecule has 3 rings (SSSR count). The van der Waals surface area contributed by atoms with Gasteiger partial charge in [-0.15, -0.1) is 0 Å². The second-order valence-corrected chi connectivity index (χ2v) is 6.64. The lowest BCUT2D eigenvalue weighted by molar-refractivity contribution is -0.134. The fourth-order valence-electron chi connectivity index (χ4n) is 3.23. The summed E-state index contributed by atoms with van der Waals surface area (Å²) in [6, 6.07) is 8.29. The second-order valence-electron chi connectivity index (χ2n) is 6.64. The number of benzene rings is 1. The Balaban J connectivity index is 1.72. The topological polar surface area (TPSA) is 58.5 Å². The lowest BCUT2D eigenvalue weighted by Crippen LogP contribution is -2.55. The van der Waals surface area contributed by atoms with Gasteiger partial charge in [-0.25, -0.2) is 9.97 Å². The summed E-state index contributed by atoms with van der Waals surface area (Å²) in [4.78, 5) is 10.8. The van der Waals surface area contributed by atoms with Crippen LogP contribution < -0.4 is 0 Å². The number of hydrogen-bond donors (Lipinski definition) is 1. The van der Waals surface area contributed by atoms with Crippen LogP contribution in [0.4, 0.5) is 0 Å². The van der Waals surface area contributed by atoms with E-state index in [-0.39, 0.29) is 6.61 Å². The van der Waals surface area contributed by atoms with Gasteiger partial charge in [0.2, 0.25) is 0 Å². The molecule has 1 aromatic heterocycles. The monoisotopic (exact) mass is 327 g/mol. The van der Waals surface area contributed by atoms with Gasteiger partial charge in [0.25, 0.3) is 0 Å². The zero-order valence-electron chi connectivity index (χ0n) is 14.4. The average molecular weight is 327 g/mol. The fraction of sp³-hybridized carbons (Fsp3) is 0.474. The van der Waals surface area contributed by atoms with E-state index >= 15 is 0 Å². The number of hydrogen-bond acceptors (Lipinski definition) is 5. The normalized spacial score (nSPS) is 21.8. The SMILES string of the molecule is Cc1ncc(CN2CCOC(CO)(Cc3ccccc3C)C2)cn1. The molecule has 1 aromatic carbocycles. The number of aliphatic hydroxyl groups excluding tert-OH is 1. The molecule has 1 aliphatic heterocycles. The summed E-state index contributed by atoms with van der Waals surface area (Å²) in [6.45, 7) is 6.96. The maximum absolute atomic E-state index is 10.0. The number of rotatable bonds is 5. The second kappa shape index (κ2) is 7.38. The Kier molecular flexibility index (Phi) is 5.23. The van der Waals surface area contributed by atoms with Crippen molar-refractivity contribution in [2.75, 3.05) is 26.3 Å². The number of aryl methyl sites for hydroxylation is 2. The van der Waals surface area contributed by atoms with Crippen molar-refractivity contribution in [1.29, 1.82) is 0 Å². The lowest BCUT2D eigenvalue weighted by atomic mass is 9.91. The molecule has 0 amide bonds. The van der Waals surface area contributed by atoms with E-state index in [1.165, 1.54) is 11.1 Å². The van der Waals surface area contributed by atoms with E-state index in [0.717, 1.165) is 30.9 Å². The first-order chi connectivity index (χ1) is 11.6. The van der Waals surface area contributed by atoms with Crippen LogP contribution >= 0.6 is 0 Å². The maximum atomic E-state index is 10.0. The molecule has 2 aromatic rings. The maximum Gasteiger partial charge on any atom is 0.125 e. The third kappa shape index (κ3) is 3.98. The first-order valence-corrected chi connectivity index (χ1v) is 8.39. The van der Waals surface area contributed by atoms with Crippen LogP contribution in [0.15, 0.2) is 36.7 Å². The molecule has 0 saturated carbocycles. The predicted molar refractivity (Wildman–Crippen MR) is 92.7 cm³/mol. The van der Waals surface area contributed by atoms with Crippen molar-refractivity contribution < 1.29 is 9.84 Å². The summed E-state index contributed by atoms with van der Waals surface area (Å²) in [5.74, 6) is 0.782. The molecule has 0 bridgehead atoms. The standard InChI is InChI=1S/C19H25N3O2/c1-15-5-3-4-6-18(15)9-19(14-23)13-22(7-8-24-19)12-17-10-20-16(2)21-11-17/h3-6,10-11,23H,7-9,12-14H2,1-2H3. The van der Waals surface area contributed by atoms with E-state index in [2.05, 4.69) is 33.9 Å². The molecule has 1 aliphatic rings. The molecular weight excluding hydrogens is 302 g/mol. The van der Waals surface area contributed by atoms with Crippen molar-refractivity contribution in [3.05, 3.63) is 59.2 Å². The predicted octanol–water partition coefficient (Wildman–Crippen LogP) is 1.90. The fourth-order valence-corrected chi connectivity index (χ4v) is 3.23. The highest BCUT2D eigenvalue weighted by atomic mass is 16.5. The largest absolute Gasteiger partial charge is 0.393 e. The van der Waals surface area contributed by atoms with E-state index in [9.17, 15) is 5.11 Å². The van der Waals surface area contributed by atoms with Crippen molar-refractivity contribution >= 4 is 0 Å². The Morgan fingerprint density at radius 1 is 1.21 bits per heavy atom. The summed E-state index contributed by atoms with van der Waals surface area (Å²) in [6.07, 6.45) is 4.47. The molecule has 1 fully saturated rings. The van der Waals surface area contributed by atoms with Gasteiger partial charge in [-0.3, -0.25) is 4.90 Å². The van der Waals surface area contributed by atoms with Gasteiger partial charge in [0, 0.05) is 44.0 Å². The summed E-state index contributed by atoms with van der Waals surface area (Å²) >= 11 is 0. The minimum Gasteiger partial charge on any atom is -0.393 e. The van der Waals surface area contributed by atoms with Gasteiger partial charge >= 0.3 is 0 Å². The van der Waals surface area contributed by atoms with E-state index in [4.69, 9.17) is 4.74 Å². The van der Waals surface area contributed by atoms with Gasteiger partial charge in [0.05, 0.1) is 13.2 Å². The summed E-state index contributed by atoms with van der Waals surface area (Å²) in [7, 11) is 0. The number of aromatic nitrogens is 2. The number of aliphatic hydroxyl groups is 1. The molecule has 1 atom stereocenters. The molecule has 2 heterocycles. The summed E-state index contributed by atoms with van der Waals surface area (Å²) in [5, 5.41) is 10.0. The van der Waals surface area contributed by atoms with Crippen molar-refractivity contribution in [2.24, 2.45) is 0 Å². The quantitative estimate of drug-likeness (QED) is 0.909. The molecule has 5 nitrogen and oxygen atoms in total. The molecule has 24 heavy (non-hydrogen) atoms. The first kappa shape index (κ1) is 17.0. The average Bonchev–Trinajstić information content (AvgIpc) is 2.59. The number of ether oxygens (including phenoxy) is 1. The van der Waals surface area contributed by atoms with Crippen molar-refractivity contribution in [2.45, 2.75) is 32.4 Å². The molecule has 0 aliphatic carbocycles. The van der Waals surface area contributed by atoms with Crippen LogP contribution in [-0.4, -0.2) is 51.9 Å². The third-order valence-corrected chi connectivity index (χ3v) is 4.63. The highest BCUT2D eigenvalue weighted by Crippen LogP contribution is 2.25. The molecular formula is C19H25N3O2. The van der Waals surface area contributed by atoms with E-state index in [1.807, 2.05) is 31.5 Å². The van der Waals surface area contributed by atoms with E-state index < -0.39 is 5.60 Å². The van der Waals surface area contributed by atoms with Crippen LogP contribution in [-0.2, 0) is 17.7 Å². The van der Waals surface area contributed by atoms with Crippen LogP contribution in [0.2, 0.25) is 0 Å². The van der Waals surface area contributed by atoms with Gasteiger partial charge < -0.3 is 9.84 Å². The zero-order chi connectivity index (χ0) is 17.0. The van der Waals surface area contributed by atoms with Crippen LogP contribution in [0.25, 0.3) is 0 Å². The summed E-state index contributed by atoms with van der Waals surface area (Å²) < 4.78 is 6.04. The van der Waals surface area contributed by atoms with E-state index in [0.29, 0.717) is 13.2 Å². The molecule has 128 valence electrons. The van der Waals surface area contributed by atoms with Crippen molar-refractivity contribution in [1.82, 2.24) is 14.9 Å². The van der Waals surface area contributed by atoms with Crippen molar-refractivity contribution in [3.8, 4) is 0 Å². The molecule has 5 heteroatoms. The van der Waals surface area contributed by atoms with Crippen molar-refractivity contribution in [3.63, 3.8) is 0 Å². The first-order valence-electron chi connectivity index (χ1n) is 8.39. The van der Waals surface area contributed by atoms with Gasteiger partial charge in [-0.1, -0.05) is 24.3 Å². The Labute approximate surface area is 143 Å². The highest BCUT2D eigenvalue weighted by Gasteiger charge is 2.36. The minimum atomic E-state index is -0.546. The van der Waals surface area contributed by atoms with Gasteiger partial charge in [-0.2, -0.15) is 0 Å². The summed E-state index contributed by atoms with van der Waals surface area (Å²) in [5.41, 5.74) is 3.01. The van der Waals surface area contributed by atoms with Gasteiger partial charge in [0.15, 0.2) is 0 Å². The molecule has 1 N–H and O–H groups in total. The van der Waals surface area contributed by atoms with Crippen LogP contribution in [0.5, 0.6) is 0 Å². The Morgan fingerprint density at radius 3 is 2.67 bits per heavy atom. The number of nitrogens with zero attached hydrogens (tertiary/aromatic N) is 3. The Morgan fingerprint density at radius 2 is 1.96 bits per heavy atom. The highest BCUT2D eigenvalue weighted by molar-refractivity contribution is 5.27. The third-order valence-electron chi connectivity index (χ3n) is 4.63. The molecule has 0 radical (unpaired) electrons. The zero-order valence-corrected chi connectivity index (χ0v) is 14.4. The smallest absolute Gasteiger partial charge is 0.125 e. The molecule has 0 spiro atoms. The lowest BCUT2D eigenvalue weighted by Gasteiger charge is -2.42. The van der Waals surface area contributed by atoms with Gasteiger partial charge in [0.1, 0.15) is 11.4 Å².